The lowest BCUT2D eigenvalue weighted by molar-refractivity contribution is 0.0988. The molecule has 0 amide bonds. The first-order chi connectivity index (χ1) is 16.0. The van der Waals surface area contributed by atoms with Crippen LogP contribution in [0.15, 0.2) is 55.0 Å². The van der Waals surface area contributed by atoms with E-state index in [2.05, 4.69) is 30.7 Å². The predicted molar refractivity (Wildman–Crippen MR) is 127 cm³/mol. The van der Waals surface area contributed by atoms with Gasteiger partial charge in [0, 0.05) is 25.4 Å². The van der Waals surface area contributed by atoms with Crippen LogP contribution in [0.4, 0.5) is 23.1 Å². The number of carbonyl (C=O) groups is 1. The fourth-order valence-corrected chi connectivity index (χ4v) is 3.32. The van der Waals surface area contributed by atoms with E-state index in [0.717, 1.165) is 16.8 Å². The molecule has 0 atom stereocenters. The molecule has 0 bridgehead atoms. The molecule has 4 rings (SSSR count). The van der Waals surface area contributed by atoms with E-state index in [0.29, 0.717) is 41.0 Å². The molecule has 0 aliphatic rings. The first kappa shape index (κ1) is 21.9. The molecule has 0 saturated heterocycles. The minimum absolute atomic E-state index is 0.0686. The van der Waals surface area contributed by atoms with Gasteiger partial charge in [-0.2, -0.15) is 10.1 Å². The molecule has 0 saturated carbocycles. The molecule has 2 aromatic carbocycles. The molecule has 168 valence electrons. The zero-order valence-corrected chi connectivity index (χ0v) is 19.0. The van der Waals surface area contributed by atoms with Crippen molar-refractivity contribution in [1.82, 2.24) is 24.7 Å². The average Bonchev–Trinajstić information content (AvgIpc) is 3.26. The van der Waals surface area contributed by atoms with E-state index in [-0.39, 0.29) is 5.78 Å². The normalized spacial score (nSPS) is 10.7. The fraction of sp³-hybridized carbons (Fsp3) is 0.208. The zero-order chi connectivity index (χ0) is 23.4. The van der Waals surface area contributed by atoms with Gasteiger partial charge in [0.15, 0.2) is 17.4 Å². The van der Waals surface area contributed by atoms with E-state index < -0.39 is 0 Å². The van der Waals surface area contributed by atoms with Crippen molar-refractivity contribution in [2.24, 2.45) is 7.05 Å². The number of carbonyl (C=O) groups excluding carboxylic acids is 1. The van der Waals surface area contributed by atoms with Crippen LogP contribution in [0.3, 0.4) is 0 Å². The van der Waals surface area contributed by atoms with Crippen molar-refractivity contribution in [3.8, 4) is 17.1 Å². The van der Waals surface area contributed by atoms with Gasteiger partial charge < -0.3 is 15.4 Å². The Kier molecular flexibility index (Phi) is 6.30. The monoisotopic (exact) mass is 443 g/mol. The van der Waals surface area contributed by atoms with Gasteiger partial charge in [-0.1, -0.05) is 30.7 Å². The topological polar surface area (TPSA) is 107 Å². The maximum Gasteiger partial charge on any atom is 0.229 e. The molecular weight excluding hydrogens is 418 g/mol. The second-order valence-electron chi connectivity index (χ2n) is 7.48. The number of anilines is 4. The van der Waals surface area contributed by atoms with Crippen LogP contribution in [0.25, 0.3) is 11.4 Å². The highest BCUT2D eigenvalue weighted by Gasteiger charge is 2.18. The fourth-order valence-electron chi connectivity index (χ4n) is 3.32. The van der Waals surface area contributed by atoms with Gasteiger partial charge in [-0.15, -0.1) is 0 Å². The van der Waals surface area contributed by atoms with Crippen LogP contribution in [0.2, 0.25) is 0 Å². The summed E-state index contributed by atoms with van der Waals surface area (Å²) in [7, 11) is 3.38. The van der Waals surface area contributed by atoms with Crippen molar-refractivity contribution in [2.45, 2.75) is 20.3 Å². The SMILES string of the molecule is CCC(=O)c1cnc(Nc2ccc(C)cc2)nc1Nc1cccc(-c2ncn(C)n2)c1OC. The minimum Gasteiger partial charge on any atom is -0.494 e. The Labute approximate surface area is 191 Å². The number of nitrogens with zero attached hydrogens (tertiary/aromatic N) is 5. The summed E-state index contributed by atoms with van der Waals surface area (Å²) in [6.45, 7) is 3.83. The number of hydrogen-bond donors (Lipinski definition) is 2. The molecule has 9 nitrogen and oxygen atoms in total. The smallest absolute Gasteiger partial charge is 0.229 e. The Morgan fingerprint density at radius 1 is 1.09 bits per heavy atom. The summed E-state index contributed by atoms with van der Waals surface area (Å²) >= 11 is 0. The highest BCUT2D eigenvalue weighted by Crippen LogP contribution is 2.36. The van der Waals surface area contributed by atoms with Crippen molar-refractivity contribution < 1.29 is 9.53 Å². The molecular formula is C24H25N7O2. The van der Waals surface area contributed by atoms with Gasteiger partial charge in [0.1, 0.15) is 12.1 Å². The third kappa shape index (κ3) is 4.82. The second kappa shape index (κ2) is 9.47. The van der Waals surface area contributed by atoms with Gasteiger partial charge in [0.2, 0.25) is 5.95 Å². The predicted octanol–water partition coefficient (Wildman–Crippen LogP) is 4.67. The number of nitrogens with one attached hydrogen (secondary N) is 2. The number of hydrogen-bond acceptors (Lipinski definition) is 8. The first-order valence-corrected chi connectivity index (χ1v) is 10.5. The summed E-state index contributed by atoms with van der Waals surface area (Å²) in [6, 6.07) is 13.5. The highest BCUT2D eigenvalue weighted by molar-refractivity contribution is 6.01. The Bertz CT molecular complexity index is 1280. The number of aromatic nitrogens is 5. The molecule has 9 heteroatoms. The molecule has 0 unspecified atom stereocenters. The van der Waals surface area contributed by atoms with Crippen LogP contribution in [0, 0.1) is 6.92 Å². The molecule has 2 N–H and O–H groups in total. The molecule has 4 aromatic rings. The number of Topliss-reactive ketones (excluding diaryl/α,β-unsaturated/α-hetero) is 1. The van der Waals surface area contributed by atoms with E-state index in [1.165, 1.54) is 6.20 Å². The van der Waals surface area contributed by atoms with Gasteiger partial charge in [-0.25, -0.2) is 9.97 Å². The lowest BCUT2D eigenvalue weighted by Crippen LogP contribution is -2.09. The van der Waals surface area contributed by atoms with Crippen LogP contribution in [0.1, 0.15) is 29.3 Å². The van der Waals surface area contributed by atoms with Gasteiger partial charge in [-0.05, 0) is 31.2 Å². The Hall–Kier alpha value is -4.27. The van der Waals surface area contributed by atoms with Crippen LogP contribution in [-0.2, 0) is 7.05 Å². The summed E-state index contributed by atoms with van der Waals surface area (Å²) in [5.41, 5.74) is 3.76. The lowest BCUT2D eigenvalue weighted by Gasteiger charge is -2.16. The summed E-state index contributed by atoms with van der Waals surface area (Å²) in [6.07, 6.45) is 3.49. The number of aryl methyl sites for hydroxylation is 2. The van der Waals surface area contributed by atoms with E-state index in [4.69, 9.17) is 4.74 Å². The molecule has 0 aliphatic carbocycles. The van der Waals surface area contributed by atoms with Crippen molar-refractivity contribution >= 4 is 28.9 Å². The average molecular weight is 444 g/mol. The third-order valence-corrected chi connectivity index (χ3v) is 5.03. The van der Waals surface area contributed by atoms with Crippen LogP contribution >= 0.6 is 0 Å². The number of rotatable bonds is 8. The van der Waals surface area contributed by atoms with Gasteiger partial charge in [0.25, 0.3) is 0 Å². The summed E-state index contributed by atoms with van der Waals surface area (Å²) < 4.78 is 7.31. The van der Waals surface area contributed by atoms with Gasteiger partial charge >= 0.3 is 0 Å². The number of ether oxygens (including phenoxy) is 1. The standard InChI is InChI=1S/C24H25N7O2/c1-5-20(32)18-13-25-24(27-16-11-9-15(2)10-12-16)29-23(18)28-19-8-6-7-17(21(19)33-4)22-26-14-31(3)30-22/h6-14H,5H2,1-4H3,(H2,25,27,28,29). The summed E-state index contributed by atoms with van der Waals surface area (Å²) in [5, 5.41) is 10.8. The van der Waals surface area contributed by atoms with Crippen LogP contribution in [-0.4, -0.2) is 37.6 Å². The number of para-hydroxylation sites is 1. The Balaban J connectivity index is 1.73. The van der Waals surface area contributed by atoms with E-state index in [9.17, 15) is 4.79 Å². The molecule has 0 radical (unpaired) electrons. The first-order valence-electron chi connectivity index (χ1n) is 10.5. The van der Waals surface area contributed by atoms with E-state index >= 15 is 0 Å². The maximum absolute atomic E-state index is 12.6. The minimum atomic E-state index is -0.0686. The van der Waals surface area contributed by atoms with E-state index in [1.807, 2.05) is 49.4 Å². The quantitative estimate of drug-likeness (QED) is 0.378. The molecule has 0 aliphatic heterocycles. The van der Waals surface area contributed by atoms with Crippen molar-refractivity contribution in [1.29, 1.82) is 0 Å². The van der Waals surface area contributed by atoms with E-state index in [1.54, 1.807) is 32.1 Å². The highest BCUT2D eigenvalue weighted by atomic mass is 16.5. The molecule has 0 fully saturated rings. The summed E-state index contributed by atoms with van der Waals surface area (Å²) in [4.78, 5) is 25.8. The largest absolute Gasteiger partial charge is 0.494 e. The van der Waals surface area contributed by atoms with Crippen molar-refractivity contribution in [3.05, 3.63) is 66.1 Å². The summed E-state index contributed by atoms with van der Waals surface area (Å²) in [5.74, 6) is 1.77. The van der Waals surface area contributed by atoms with Crippen LogP contribution in [0.5, 0.6) is 5.75 Å². The maximum atomic E-state index is 12.6. The second-order valence-corrected chi connectivity index (χ2v) is 7.48. The Morgan fingerprint density at radius 2 is 1.88 bits per heavy atom. The molecule has 33 heavy (non-hydrogen) atoms. The molecule has 2 heterocycles. The van der Waals surface area contributed by atoms with Crippen molar-refractivity contribution in [2.75, 3.05) is 17.7 Å². The molecule has 2 aromatic heterocycles. The van der Waals surface area contributed by atoms with Gasteiger partial charge in [0.05, 0.1) is 23.9 Å². The van der Waals surface area contributed by atoms with Crippen LogP contribution < -0.4 is 15.4 Å². The number of ketones is 1. The molecule has 0 spiro atoms. The number of benzene rings is 2. The van der Waals surface area contributed by atoms with Crippen molar-refractivity contribution in [3.63, 3.8) is 0 Å². The zero-order valence-electron chi connectivity index (χ0n) is 19.0. The Morgan fingerprint density at radius 3 is 2.55 bits per heavy atom. The third-order valence-electron chi connectivity index (χ3n) is 5.03. The lowest BCUT2D eigenvalue weighted by atomic mass is 10.1. The van der Waals surface area contributed by atoms with Gasteiger partial charge in [-0.3, -0.25) is 9.48 Å². The number of methoxy groups -OCH3 is 1.